The fourth-order valence-corrected chi connectivity index (χ4v) is 1.61. The summed E-state index contributed by atoms with van der Waals surface area (Å²) in [7, 11) is 0. The second-order valence-electron chi connectivity index (χ2n) is 3.72. The second-order valence-corrected chi connectivity index (χ2v) is 3.72. The minimum atomic E-state index is -0.353. The lowest BCUT2D eigenvalue weighted by molar-refractivity contribution is -0.120. The van der Waals surface area contributed by atoms with E-state index in [0.717, 1.165) is 19.3 Å². The molecule has 0 bridgehead atoms. The Morgan fingerprint density at radius 2 is 1.86 bits per heavy atom. The third-order valence-electron chi connectivity index (χ3n) is 2.45. The van der Waals surface area contributed by atoms with Crippen LogP contribution in [-0.4, -0.2) is 18.0 Å². The fraction of sp³-hybridized carbons (Fsp3) is 0.800. The van der Waals surface area contributed by atoms with Crippen LogP contribution in [0.25, 0.3) is 0 Å². The van der Waals surface area contributed by atoms with Gasteiger partial charge >= 0.3 is 6.03 Å². The van der Waals surface area contributed by atoms with Crippen LogP contribution in [0, 0.1) is 0 Å². The van der Waals surface area contributed by atoms with Crippen LogP contribution in [0.5, 0.6) is 0 Å². The molecule has 0 radical (unpaired) electrons. The lowest BCUT2D eigenvalue weighted by atomic mass is 10.1. The molecule has 80 valence electrons. The van der Waals surface area contributed by atoms with Gasteiger partial charge in [-0.05, 0) is 6.42 Å². The predicted octanol–water partition coefficient (Wildman–Crippen LogP) is 1.55. The van der Waals surface area contributed by atoms with Gasteiger partial charge in [0.05, 0.1) is 0 Å². The topological polar surface area (TPSA) is 58.2 Å². The molecule has 1 heterocycles. The van der Waals surface area contributed by atoms with Crippen LogP contribution >= 0.6 is 0 Å². The van der Waals surface area contributed by atoms with Crippen molar-refractivity contribution >= 4 is 11.9 Å². The van der Waals surface area contributed by atoms with E-state index in [1.165, 1.54) is 19.3 Å². The highest BCUT2D eigenvalue weighted by atomic mass is 16.2. The summed E-state index contributed by atoms with van der Waals surface area (Å²) in [6.07, 6.45) is 6.62. The third kappa shape index (κ3) is 3.36. The zero-order valence-electron chi connectivity index (χ0n) is 8.64. The average Bonchev–Trinajstić information content (AvgIpc) is 2.45. The summed E-state index contributed by atoms with van der Waals surface area (Å²) < 4.78 is 0. The van der Waals surface area contributed by atoms with Crippen LogP contribution < -0.4 is 10.6 Å². The summed E-state index contributed by atoms with van der Waals surface area (Å²) in [5, 5.41) is 4.82. The van der Waals surface area contributed by atoms with Gasteiger partial charge in [-0.15, -0.1) is 0 Å². The molecule has 1 rings (SSSR count). The van der Waals surface area contributed by atoms with Gasteiger partial charge in [-0.3, -0.25) is 10.1 Å². The van der Waals surface area contributed by atoms with Crippen LogP contribution in [0.4, 0.5) is 4.79 Å². The highest BCUT2D eigenvalue weighted by Crippen LogP contribution is 2.09. The van der Waals surface area contributed by atoms with Gasteiger partial charge in [-0.2, -0.15) is 0 Å². The average molecular weight is 198 g/mol. The molecule has 0 aromatic heterocycles. The van der Waals surface area contributed by atoms with E-state index >= 15 is 0 Å². The standard InChI is InChI=1S/C10H18N2O2/c1-2-3-4-5-6-7-8-9(13)12-10(14)11-8/h8H,2-7H2,1H3,(H2,11,12,13,14). The number of imide groups is 1. The Morgan fingerprint density at radius 3 is 2.43 bits per heavy atom. The van der Waals surface area contributed by atoms with E-state index in [4.69, 9.17) is 0 Å². The van der Waals surface area contributed by atoms with Crippen molar-refractivity contribution in [3.63, 3.8) is 0 Å². The van der Waals surface area contributed by atoms with Crippen molar-refractivity contribution < 1.29 is 9.59 Å². The molecule has 0 saturated carbocycles. The molecule has 1 saturated heterocycles. The Labute approximate surface area is 84.4 Å². The van der Waals surface area contributed by atoms with Crippen molar-refractivity contribution in [1.29, 1.82) is 0 Å². The number of nitrogens with one attached hydrogen (secondary N) is 2. The molecule has 4 heteroatoms. The molecular weight excluding hydrogens is 180 g/mol. The largest absolute Gasteiger partial charge is 0.326 e. The Hall–Kier alpha value is -1.06. The molecule has 3 amide bonds. The lowest BCUT2D eigenvalue weighted by Gasteiger charge is -2.05. The van der Waals surface area contributed by atoms with Crippen LogP contribution in [0.2, 0.25) is 0 Å². The molecule has 0 aromatic rings. The normalized spacial score (nSPS) is 20.8. The first-order valence-corrected chi connectivity index (χ1v) is 5.35. The fourth-order valence-electron chi connectivity index (χ4n) is 1.61. The van der Waals surface area contributed by atoms with Crippen molar-refractivity contribution in [2.24, 2.45) is 0 Å². The molecule has 1 fully saturated rings. The minimum Gasteiger partial charge on any atom is -0.326 e. The Balaban J connectivity index is 2.07. The highest BCUT2D eigenvalue weighted by Gasteiger charge is 2.28. The van der Waals surface area contributed by atoms with Gasteiger partial charge in [0, 0.05) is 0 Å². The van der Waals surface area contributed by atoms with Gasteiger partial charge in [-0.1, -0.05) is 39.0 Å². The number of unbranched alkanes of at least 4 members (excludes halogenated alkanes) is 4. The summed E-state index contributed by atoms with van der Waals surface area (Å²) in [5.74, 6) is -0.175. The van der Waals surface area contributed by atoms with E-state index in [1.807, 2.05) is 0 Å². The summed E-state index contributed by atoms with van der Waals surface area (Å²) in [4.78, 5) is 21.9. The molecule has 1 aliphatic heterocycles. The van der Waals surface area contributed by atoms with Crippen LogP contribution in [0.3, 0.4) is 0 Å². The molecule has 4 nitrogen and oxygen atoms in total. The molecule has 0 aromatic carbocycles. The predicted molar refractivity (Wildman–Crippen MR) is 53.8 cm³/mol. The minimum absolute atomic E-state index is 0.175. The highest BCUT2D eigenvalue weighted by molar-refractivity contribution is 6.04. The van der Waals surface area contributed by atoms with Crippen LogP contribution in [-0.2, 0) is 4.79 Å². The van der Waals surface area contributed by atoms with Crippen molar-refractivity contribution in [1.82, 2.24) is 10.6 Å². The van der Waals surface area contributed by atoms with E-state index in [2.05, 4.69) is 17.6 Å². The molecule has 1 unspecified atom stereocenters. The number of hydrogen-bond donors (Lipinski definition) is 2. The maximum absolute atomic E-state index is 11.1. The van der Waals surface area contributed by atoms with Crippen molar-refractivity contribution in [2.75, 3.05) is 0 Å². The van der Waals surface area contributed by atoms with E-state index in [0.29, 0.717) is 0 Å². The molecule has 2 N–H and O–H groups in total. The molecule has 14 heavy (non-hydrogen) atoms. The first-order chi connectivity index (χ1) is 6.74. The number of carbonyl (C=O) groups excluding carboxylic acids is 2. The Bertz CT molecular complexity index is 216. The van der Waals surface area contributed by atoms with Gasteiger partial charge in [0.1, 0.15) is 6.04 Å². The van der Waals surface area contributed by atoms with Gasteiger partial charge < -0.3 is 5.32 Å². The third-order valence-corrected chi connectivity index (χ3v) is 2.45. The van der Waals surface area contributed by atoms with Gasteiger partial charge in [-0.25, -0.2) is 4.79 Å². The van der Waals surface area contributed by atoms with Crippen LogP contribution in [0.15, 0.2) is 0 Å². The maximum Gasteiger partial charge on any atom is 0.322 e. The van der Waals surface area contributed by atoms with Gasteiger partial charge in [0.15, 0.2) is 0 Å². The Kier molecular flexibility index (Phi) is 4.43. The van der Waals surface area contributed by atoms with Gasteiger partial charge in [0.2, 0.25) is 0 Å². The molecule has 0 spiro atoms. The monoisotopic (exact) mass is 198 g/mol. The summed E-state index contributed by atoms with van der Waals surface area (Å²) >= 11 is 0. The van der Waals surface area contributed by atoms with E-state index in [-0.39, 0.29) is 18.0 Å². The zero-order chi connectivity index (χ0) is 10.4. The number of urea groups is 1. The van der Waals surface area contributed by atoms with E-state index in [1.54, 1.807) is 0 Å². The second kappa shape index (κ2) is 5.62. The first-order valence-electron chi connectivity index (χ1n) is 5.35. The summed E-state index contributed by atoms with van der Waals surface area (Å²) in [5.41, 5.74) is 0. The zero-order valence-corrected chi connectivity index (χ0v) is 8.64. The SMILES string of the molecule is CCCCCCCC1NC(=O)NC1=O. The molecular formula is C10H18N2O2. The molecule has 1 aliphatic rings. The number of rotatable bonds is 6. The van der Waals surface area contributed by atoms with E-state index in [9.17, 15) is 9.59 Å². The number of hydrogen-bond acceptors (Lipinski definition) is 2. The Morgan fingerprint density at radius 1 is 1.14 bits per heavy atom. The van der Waals surface area contributed by atoms with Gasteiger partial charge in [0.25, 0.3) is 5.91 Å². The number of carbonyl (C=O) groups is 2. The number of amides is 3. The van der Waals surface area contributed by atoms with Crippen molar-refractivity contribution in [3.05, 3.63) is 0 Å². The summed E-state index contributed by atoms with van der Waals surface area (Å²) in [6, 6.07) is -0.641. The van der Waals surface area contributed by atoms with Crippen molar-refractivity contribution in [2.45, 2.75) is 51.5 Å². The lowest BCUT2D eigenvalue weighted by Crippen LogP contribution is -2.28. The quantitative estimate of drug-likeness (QED) is 0.502. The maximum atomic E-state index is 11.1. The molecule has 0 aliphatic carbocycles. The van der Waals surface area contributed by atoms with E-state index < -0.39 is 0 Å². The first kappa shape index (κ1) is 11.0. The smallest absolute Gasteiger partial charge is 0.322 e. The summed E-state index contributed by atoms with van der Waals surface area (Å²) in [6.45, 7) is 2.17. The molecule has 1 atom stereocenters. The van der Waals surface area contributed by atoms with Crippen LogP contribution in [0.1, 0.15) is 45.4 Å². The van der Waals surface area contributed by atoms with Crippen molar-refractivity contribution in [3.8, 4) is 0 Å².